The van der Waals surface area contributed by atoms with Crippen LogP contribution in [0.5, 0.6) is 0 Å². The van der Waals surface area contributed by atoms with E-state index in [0.29, 0.717) is 16.7 Å². The monoisotopic (exact) mass is 267 g/mol. The highest BCUT2D eigenvalue weighted by Crippen LogP contribution is 2.18. The number of rotatable bonds is 1. The summed E-state index contributed by atoms with van der Waals surface area (Å²) < 4.78 is 2.50. The van der Waals surface area contributed by atoms with Crippen molar-refractivity contribution in [2.24, 2.45) is 14.1 Å². The van der Waals surface area contributed by atoms with Crippen LogP contribution in [0.25, 0.3) is 22.3 Å². The molecule has 5 nitrogen and oxygen atoms in total. The minimum Gasteiger partial charge on any atom is -0.295 e. The summed E-state index contributed by atoms with van der Waals surface area (Å²) >= 11 is 0. The summed E-state index contributed by atoms with van der Waals surface area (Å²) in [5.41, 5.74) is 1.77. The Morgan fingerprint density at radius 1 is 0.900 bits per heavy atom. The van der Waals surface area contributed by atoms with Crippen LogP contribution in [0.3, 0.4) is 0 Å². The summed E-state index contributed by atoms with van der Waals surface area (Å²) in [6.07, 6.45) is 0. The van der Waals surface area contributed by atoms with Crippen molar-refractivity contribution in [2.75, 3.05) is 0 Å². The molecule has 0 unspecified atom stereocenters. The Labute approximate surface area is 114 Å². The summed E-state index contributed by atoms with van der Waals surface area (Å²) in [5, 5.41) is 0. The smallest absolute Gasteiger partial charge is 0.295 e. The van der Waals surface area contributed by atoms with Crippen molar-refractivity contribution >= 4 is 11.0 Å². The molecule has 0 fully saturated rings. The van der Waals surface area contributed by atoms with E-state index >= 15 is 0 Å². The van der Waals surface area contributed by atoms with Gasteiger partial charge in [-0.05, 0) is 12.1 Å². The lowest BCUT2D eigenvalue weighted by atomic mass is 10.1. The zero-order valence-corrected chi connectivity index (χ0v) is 11.2. The third-order valence-electron chi connectivity index (χ3n) is 3.39. The number of hydrogen-bond acceptors (Lipinski definition) is 3. The fourth-order valence-electron chi connectivity index (χ4n) is 2.22. The van der Waals surface area contributed by atoms with Gasteiger partial charge in [0.1, 0.15) is 0 Å². The minimum absolute atomic E-state index is 0.302. The van der Waals surface area contributed by atoms with Crippen molar-refractivity contribution in [3.05, 3.63) is 63.3 Å². The van der Waals surface area contributed by atoms with E-state index in [9.17, 15) is 9.59 Å². The van der Waals surface area contributed by atoms with Crippen molar-refractivity contribution in [1.29, 1.82) is 0 Å². The van der Waals surface area contributed by atoms with Crippen molar-refractivity contribution < 1.29 is 0 Å². The molecule has 0 radical (unpaired) electrons. The quantitative estimate of drug-likeness (QED) is 0.667. The lowest BCUT2D eigenvalue weighted by Crippen LogP contribution is -2.37. The van der Waals surface area contributed by atoms with E-state index in [-0.39, 0.29) is 11.2 Å². The van der Waals surface area contributed by atoms with Crippen LogP contribution in [-0.2, 0) is 14.1 Å². The van der Waals surface area contributed by atoms with Crippen LogP contribution in [0, 0.1) is 0 Å². The molecule has 0 N–H and O–H groups in total. The number of benzene rings is 1. The zero-order valence-electron chi connectivity index (χ0n) is 11.2. The molecule has 0 bridgehead atoms. The first-order valence-electron chi connectivity index (χ1n) is 6.22. The van der Waals surface area contributed by atoms with Gasteiger partial charge in [-0.25, -0.2) is 9.78 Å². The fraction of sp³-hybridized carbons (Fsp3) is 0.133. The molecule has 0 aliphatic heterocycles. The van der Waals surface area contributed by atoms with Crippen molar-refractivity contribution in [3.8, 4) is 11.3 Å². The number of pyridine rings is 1. The van der Waals surface area contributed by atoms with E-state index < -0.39 is 0 Å². The summed E-state index contributed by atoms with van der Waals surface area (Å²) in [7, 11) is 3.09. The molecule has 0 saturated carbocycles. The van der Waals surface area contributed by atoms with Crippen LogP contribution >= 0.6 is 0 Å². The number of aryl methyl sites for hydroxylation is 1. The van der Waals surface area contributed by atoms with Gasteiger partial charge in [0.2, 0.25) is 0 Å². The van der Waals surface area contributed by atoms with E-state index in [0.717, 1.165) is 10.1 Å². The largest absolute Gasteiger partial charge is 0.331 e. The van der Waals surface area contributed by atoms with Gasteiger partial charge in [0.15, 0.2) is 5.52 Å². The Bertz CT molecular complexity index is 908. The second-order valence-corrected chi connectivity index (χ2v) is 4.64. The third-order valence-corrected chi connectivity index (χ3v) is 3.39. The van der Waals surface area contributed by atoms with Gasteiger partial charge in [0.05, 0.1) is 11.2 Å². The molecule has 0 saturated heterocycles. The lowest BCUT2D eigenvalue weighted by Gasteiger charge is -2.08. The highest BCUT2D eigenvalue weighted by Gasteiger charge is 2.10. The van der Waals surface area contributed by atoms with Crippen molar-refractivity contribution in [2.45, 2.75) is 0 Å². The predicted molar refractivity (Wildman–Crippen MR) is 77.7 cm³/mol. The van der Waals surface area contributed by atoms with Gasteiger partial charge in [-0.3, -0.25) is 13.9 Å². The van der Waals surface area contributed by atoms with Gasteiger partial charge in [-0.15, -0.1) is 0 Å². The number of aromatic nitrogens is 3. The van der Waals surface area contributed by atoms with E-state index in [1.807, 2.05) is 36.4 Å². The van der Waals surface area contributed by atoms with Crippen molar-refractivity contribution in [3.63, 3.8) is 0 Å². The molecule has 0 aliphatic carbocycles. The van der Waals surface area contributed by atoms with Gasteiger partial charge in [-0.1, -0.05) is 30.3 Å². The highest BCUT2D eigenvalue weighted by molar-refractivity contribution is 5.77. The summed E-state index contributed by atoms with van der Waals surface area (Å²) in [4.78, 5) is 28.4. The van der Waals surface area contributed by atoms with Gasteiger partial charge in [0, 0.05) is 19.7 Å². The predicted octanol–water partition coefficient (Wildman–Crippen LogP) is 1.30. The number of fused-ring (bicyclic) bond motifs is 1. The molecule has 5 heteroatoms. The van der Waals surface area contributed by atoms with Gasteiger partial charge in [0.25, 0.3) is 5.56 Å². The second-order valence-electron chi connectivity index (χ2n) is 4.64. The molecule has 0 atom stereocenters. The van der Waals surface area contributed by atoms with E-state index in [2.05, 4.69) is 4.98 Å². The number of nitrogens with zero attached hydrogens (tertiary/aromatic N) is 3. The fourth-order valence-corrected chi connectivity index (χ4v) is 2.22. The Kier molecular flexibility index (Phi) is 2.75. The minimum atomic E-state index is -0.374. The van der Waals surface area contributed by atoms with E-state index in [4.69, 9.17) is 0 Å². The zero-order chi connectivity index (χ0) is 14.3. The van der Waals surface area contributed by atoms with Gasteiger partial charge < -0.3 is 0 Å². The third kappa shape index (κ3) is 1.75. The van der Waals surface area contributed by atoms with Gasteiger partial charge in [-0.2, -0.15) is 0 Å². The molecule has 2 aromatic heterocycles. The Morgan fingerprint density at radius 3 is 2.30 bits per heavy atom. The molecule has 3 aromatic rings. The molecule has 2 heterocycles. The van der Waals surface area contributed by atoms with E-state index in [1.165, 1.54) is 11.6 Å². The van der Waals surface area contributed by atoms with E-state index in [1.54, 1.807) is 13.1 Å². The molecule has 100 valence electrons. The molecule has 0 amide bonds. The molecular formula is C15H13N3O2. The average molecular weight is 267 g/mol. The normalized spacial score (nSPS) is 10.9. The molecule has 1 aromatic carbocycles. The lowest BCUT2D eigenvalue weighted by molar-refractivity contribution is 0.711. The maximum Gasteiger partial charge on any atom is 0.331 e. The average Bonchev–Trinajstić information content (AvgIpc) is 2.51. The Hall–Kier alpha value is -2.69. The molecule has 0 spiro atoms. The standard InChI is InChI=1S/C15H13N3O2/c1-17-12-9-8-11(10-6-4-3-5-7-10)16-13(12)14(19)18(2)15(17)20/h3-9H,1-2H3. The Balaban J connectivity index is 2.38. The van der Waals surface area contributed by atoms with Crippen LogP contribution in [0.15, 0.2) is 52.1 Å². The van der Waals surface area contributed by atoms with Crippen LogP contribution < -0.4 is 11.2 Å². The molecule has 3 rings (SSSR count). The summed E-state index contributed by atoms with van der Waals surface area (Å²) in [6.45, 7) is 0. The van der Waals surface area contributed by atoms with Crippen LogP contribution in [0.1, 0.15) is 0 Å². The van der Waals surface area contributed by atoms with Crippen molar-refractivity contribution in [1.82, 2.24) is 14.1 Å². The van der Waals surface area contributed by atoms with Crippen LogP contribution in [0.2, 0.25) is 0 Å². The number of hydrogen-bond donors (Lipinski definition) is 0. The first-order chi connectivity index (χ1) is 9.59. The van der Waals surface area contributed by atoms with Gasteiger partial charge >= 0.3 is 5.69 Å². The highest BCUT2D eigenvalue weighted by atomic mass is 16.2. The summed E-state index contributed by atoms with van der Waals surface area (Å²) in [5.74, 6) is 0. The first kappa shape index (κ1) is 12.3. The SMILES string of the molecule is Cn1c(=O)c2nc(-c3ccccc3)ccc2n(C)c1=O. The van der Waals surface area contributed by atoms with Crippen LogP contribution in [-0.4, -0.2) is 14.1 Å². The molecule has 0 aliphatic rings. The first-order valence-corrected chi connectivity index (χ1v) is 6.22. The molecule has 20 heavy (non-hydrogen) atoms. The Morgan fingerprint density at radius 2 is 1.60 bits per heavy atom. The second kappa shape index (κ2) is 4.45. The topological polar surface area (TPSA) is 56.9 Å². The maximum absolute atomic E-state index is 12.2. The van der Waals surface area contributed by atoms with Crippen LogP contribution in [0.4, 0.5) is 0 Å². The summed E-state index contributed by atoms with van der Waals surface area (Å²) in [6, 6.07) is 13.2. The maximum atomic E-state index is 12.2. The molecular weight excluding hydrogens is 254 g/mol.